The van der Waals surface area contributed by atoms with E-state index in [0.717, 1.165) is 5.76 Å². The molecule has 0 radical (unpaired) electrons. The third-order valence-corrected chi connectivity index (χ3v) is 3.18. The quantitative estimate of drug-likeness (QED) is 0.838. The molecule has 15 heavy (non-hydrogen) atoms. The average molecular weight is 294 g/mol. The topological polar surface area (TPSA) is 65.5 Å². The van der Waals surface area contributed by atoms with Gasteiger partial charge in [-0.3, -0.25) is 4.79 Å². The smallest absolute Gasteiger partial charge is 0.323 e. The second-order valence-corrected chi connectivity index (χ2v) is 4.66. The van der Waals surface area contributed by atoms with Gasteiger partial charge in [0.05, 0.1) is 12.9 Å². The van der Waals surface area contributed by atoms with Gasteiger partial charge < -0.3 is 14.9 Å². The molecule has 0 bridgehead atoms. The maximum absolute atomic E-state index is 11.0. The minimum atomic E-state index is -0.571. The molecule has 1 heterocycles. The van der Waals surface area contributed by atoms with Gasteiger partial charge in [0.1, 0.15) is 11.8 Å². The highest BCUT2D eigenvalue weighted by Crippen LogP contribution is 2.19. The summed E-state index contributed by atoms with van der Waals surface area (Å²) in [5.41, 5.74) is 5.56. The third kappa shape index (κ3) is 4.27. The number of hydrogen-bond donors (Lipinski definition) is 1. The number of carbonyl (C=O) groups is 1. The number of thioether (sulfide) groups is 1. The highest BCUT2D eigenvalue weighted by molar-refractivity contribution is 9.10. The molecule has 0 aromatic carbocycles. The standard InChI is InChI=1S/C9H12BrNO3S/c1-13-9(12)7(11)5-15-4-6-2-3-8(10)14-6/h2-3,7H,4-5,11H2,1H3. The molecule has 0 saturated heterocycles. The van der Waals surface area contributed by atoms with Gasteiger partial charge in [-0.1, -0.05) is 0 Å². The molecule has 1 unspecified atom stereocenters. The van der Waals surface area contributed by atoms with Crippen molar-refractivity contribution in [3.05, 3.63) is 22.6 Å². The van der Waals surface area contributed by atoms with E-state index in [2.05, 4.69) is 20.7 Å². The zero-order valence-electron chi connectivity index (χ0n) is 8.23. The summed E-state index contributed by atoms with van der Waals surface area (Å²) in [6.07, 6.45) is 0. The van der Waals surface area contributed by atoms with Crippen LogP contribution in [0.2, 0.25) is 0 Å². The molecule has 1 atom stereocenters. The van der Waals surface area contributed by atoms with E-state index in [1.165, 1.54) is 18.9 Å². The van der Waals surface area contributed by atoms with Crippen LogP contribution in [0.15, 0.2) is 21.2 Å². The van der Waals surface area contributed by atoms with Crippen LogP contribution in [0.4, 0.5) is 0 Å². The third-order valence-electron chi connectivity index (χ3n) is 1.67. The highest BCUT2D eigenvalue weighted by atomic mass is 79.9. The van der Waals surface area contributed by atoms with Crippen LogP contribution in [0.1, 0.15) is 5.76 Å². The van der Waals surface area contributed by atoms with Crippen molar-refractivity contribution in [1.82, 2.24) is 0 Å². The average Bonchev–Trinajstić information content (AvgIpc) is 2.63. The number of methoxy groups -OCH3 is 1. The molecule has 0 aliphatic rings. The number of carbonyl (C=O) groups excluding carboxylic acids is 1. The lowest BCUT2D eigenvalue weighted by atomic mass is 10.4. The van der Waals surface area contributed by atoms with E-state index in [-0.39, 0.29) is 5.97 Å². The fourth-order valence-electron chi connectivity index (χ4n) is 0.935. The maximum Gasteiger partial charge on any atom is 0.323 e. The maximum atomic E-state index is 11.0. The predicted octanol–water partition coefficient (Wildman–Crippen LogP) is 1.78. The Bertz CT molecular complexity index is 329. The lowest BCUT2D eigenvalue weighted by molar-refractivity contribution is -0.141. The van der Waals surface area contributed by atoms with E-state index in [0.29, 0.717) is 16.2 Å². The Kier molecular flexibility index (Phi) is 5.21. The van der Waals surface area contributed by atoms with Crippen molar-refractivity contribution in [1.29, 1.82) is 0 Å². The van der Waals surface area contributed by atoms with Gasteiger partial charge in [-0.2, -0.15) is 11.8 Å². The van der Waals surface area contributed by atoms with Gasteiger partial charge >= 0.3 is 5.97 Å². The fraction of sp³-hybridized carbons (Fsp3) is 0.444. The van der Waals surface area contributed by atoms with Crippen LogP contribution in [0.5, 0.6) is 0 Å². The Morgan fingerprint density at radius 3 is 3.00 bits per heavy atom. The number of furan rings is 1. The molecule has 0 fully saturated rings. The summed E-state index contributed by atoms with van der Waals surface area (Å²) in [5.74, 6) is 1.67. The largest absolute Gasteiger partial charge is 0.468 e. The van der Waals surface area contributed by atoms with Crippen LogP contribution in [-0.2, 0) is 15.3 Å². The molecule has 0 aliphatic carbocycles. The molecule has 0 aliphatic heterocycles. The second kappa shape index (κ2) is 6.19. The first kappa shape index (κ1) is 12.6. The first-order valence-electron chi connectivity index (χ1n) is 4.29. The predicted molar refractivity (Wildman–Crippen MR) is 62.6 cm³/mol. The molecule has 84 valence electrons. The summed E-state index contributed by atoms with van der Waals surface area (Å²) in [4.78, 5) is 11.0. The van der Waals surface area contributed by atoms with Crippen molar-refractivity contribution >= 4 is 33.7 Å². The zero-order chi connectivity index (χ0) is 11.3. The van der Waals surface area contributed by atoms with Gasteiger partial charge in [0, 0.05) is 5.75 Å². The molecule has 0 amide bonds. The van der Waals surface area contributed by atoms with Crippen molar-refractivity contribution in [3.63, 3.8) is 0 Å². The Labute approximate surface area is 101 Å². The monoisotopic (exact) mass is 293 g/mol. The number of esters is 1. The minimum absolute atomic E-state index is 0.386. The zero-order valence-corrected chi connectivity index (χ0v) is 10.6. The molecule has 4 nitrogen and oxygen atoms in total. The molecular weight excluding hydrogens is 282 g/mol. The van der Waals surface area contributed by atoms with Crippen LogP contribution in [-0.4, -0.2) is 24.9 Å². The molecule has 1 aromatic heterocycles. The van der Waals surface area contributed by atoms with E-state index in [1.54, 1.807) is 0 Å². The summed E-state index contributed by atoms with van der Waals surface area (Å²) >= 11 is 4.74. The fourth-order valence-corrected chi connectivity index (χ4v) is 2.14. The molecule has 6 heteroatoms. The lowest BCUT2D eigenvalue weighted by Gasteiger charge is -2.07. The normalized spacial score (nSPS) is 12.5. The molecule has 1 aromatic rings. The molecule has 0 spiro atoms. The van der Waals surface area contributed by atoms with Crippen LogP contribution >= 0.6 is 27.7 Å². The lowest BCUT2D eigenvalue weighted by Crippen LogP contribution is -2.33. The Hall–Kier alpha value is -0.460. The SMILES string of the molecule is COC(=O)C(N)CSCc1ccc(Br)o1. The van der Waals surface area contributed by atoms with Crippen molar-refractivity contribution in [2.75, 3.05) is 12.9 Å². The Morgan fingerprint density at radius 2 is 2.47 bits per heavy atom. The number of ether oxygens (including phenoxy) is 1. The molecule has 0 saturated carbocycles. The summed E-state index contributed by atoms with van der Waals surface area (Å²) in [5, 5.41) is 0. The molecule has 2 N–H and O–H groups in total. The van der Waals surface area contributed by atoms with Gasteiger partial charge in [0.25, 0.3) is 0 Å². The Morgan fingerprint density at radius 1 is 1.73 bits per heavy atom. The van der Waals surface area contributed by atoms with Crippen molar-refractivity contribution in [2.45, 2.75) is 11.8 Å². The minimum Gasteiger partial charge on any atom is -0.468 e. The Balaban J connectivity index is 2.24. The van der Waals surface area contributed by atoms with Crippen LogP contribution < -0.4 is 5.73 Å². The number of nitrogens with two attached hydrogens (primary N) is 1. The first-order valence-corrected chi connectivity index (χ1v) is 6.23. The highest BCUT2D eigenvalue weighted by Gasteiger charge is 2.13. The van der Waals surface area contributed by atoms with Crippen molar-refractivity contribution in [3.8, 4) is 0 Å². The van der Waals surface area contributed by atoms with Crippen LogP contribution in [0, 0.1) is 0 Å². The number of halogens is 1. The van der Waals surface area contributed by atoms with E-state index in [1.807, 2.05) is 12.1 Å². The van der Waals surface area contributed by atoms with Gasteiger partial charge in [-0.15, -0.1) is 0 Å². The molecular formula is C9H12BrNO3S. The van der Waals surface area contributed by atoms with E-state index in [4.69, 9.17) is 10.2 Å². The molecule has 1 rings (SSSR count). The van der Waals surface area contributed by atoms with Crippen molar-refractivity contribution in [2.24, 2.45) is 5.73 Å². The van der Waals surface area contributed by atoms with Crippen LogP contribution in [0.25, 0.3) is 0 Å². The summed E-state index contributed by atoms with van der Waals surface area (Å²) in [6.45, 7) is 0. The van der Waals surface area contributed by atoms with Gasteiger partial charge in [-0.05, 0) is 28.1 Å². The van der Waals surface area contributed by atoms with E-state index in [9.17, 15) is 4.79 Å². The van der Waals surface area contributed by atoms with E-state index >= 15 is 0 Å². The summed E-state index contributed by atoms with van der Waals surface area (Å²) in [6, 6.07) is 3.13. The first-order chi connectivity index (χ1) is 7.13. The van der Waals surface area contributed by atoms with Gasteiger partial charge in [0.15, 0.2) is 4.67 Å². The number of hydrogen-bond acceptors (Lipinski definition) is 5. The number of rotatable bonds is 5. The summed E-state index contributed by atoms with van der Waals surface area (Å²) < 4.78 is 10.5. The van der Waals surface area contributed by atoms with Gasteiger partial charge in [0.2, 0.25) is 0 Å². The van der Waals surface area contributed by atoms with Gasteiger partial charge in [-0.25, -0.2) is 0 Å². The second-order valence-electron chi connectivity index (χ2n) is 2.85. The van der Waals surface area contributed by atoms with Crippen LogP contribution in [0.3, 0.4) is 0 Å². The van der Waals surface area contributed by atoms with Crippen molar-refractivity contribution < 1.29 is 13.9 Å². The van der Waals surface area contributed by atoms with E-state index < -0.39 is 6.04 Å². The summed E-state index contributed by atoms with van der Waals surface area (Å²) in [7, 11) is 1.33.